The molecule has 0 atom stereocenters. The lowest BCUT2D eigenvalue weighted by atomic mass is 10.1. The molecule has 3 nitrogen and oxygen atoms in total. The fourth-order valence-corrected chi connectivity index (χ4v) is 2.17. The van der Waals surface area contributed by atoms with Crippen molar-refractivity contribution in [2.45, 2.75) is 20.3 Å². The zero-order chi connectivity index (χ0) is 13.1. The molecule has 2 rings (SSSR count). The molecule has 0 saturated carbocycles. The van der Waals surface area contributed by atoms with Gasteiger partial charge in [0.15, 0.2) is 0 Å². The number of benzene rings is 1. The zero-order valence-electron chi connectivity index (χ0n) is 10.4. The molecule has 18 heavy (non-hydrogen) atoms. The van der Waals surface area contributed by atoms with Crippen molar-refractivity contribution in [3.63, 3.8) is 0 Å². The number of carbonyl (C=O) groups excluding carboxylic acids is 1. The SMILES string of the molecule is CC(C)CC1=N/C(=C/c2cccc(Br)c2)C(=O)N1. The summed E-state index contributed by atoms with van der Waals surface area (Å²) >= 11 is 3.41. The van der Waals surface area contributed by atoms with Gasteiger partial charge in [0.05, 0.1) is 0 Å². The summed E-state index contributed by atoms with van der Waals surface area (Å²) in [6.45, 7) is 4.20. The largest absolute Gasteiger partial charge is 0.309 e. The van der Waals surface area contributed by atoms with E-state index in [0.717, 1.165) is 22.3 Å². The Bertz CT molecular complexity index is 532. The Labute approximate surface area is 115 Å². The third-order valence-electron chi connectivity index (χ3n) is 2.50. The zero-order valence-corrected chi connectivity index (χ0v) is 12.0. The minimum Gasteiger partial charge on any atom is -0.309 e. The van der Waals surface area contributed by atoms with Crippen LogP contribution in [0.4, 0.5) is 0 Å². The lowest BCUT2D eigenvalue weighted by Gasteiger charge is -2.02. The van der Waals surface area contributed by atoms with Gasteiger partial charge in [-0.05, 0) is 29.7 Å². The number of nitrogens with zero attached hydrogens (tertiary/aromatic N) is 1. The molecule has 1 aromatic carbocycles. The van der Waals surface area contributed by atoms with E-state index >= 15 is 0 Å². The fraction of sp³-hybridized carbons (Fsp3) is 0.286. The van der Waals surface area contributed by atoms with Gasteiger partial charge in [0, 0.05) is 10.9 Å². The summed E-state index contributed by atoms with van der Waals surface area (Å²) in [4.78, 5) is 16.1. The number of aliphatic imine (C=N–C) groups is 1. The number of rotatable bonds is 3. The number of amidine groups is 1. The normalized spacial score (nSPS) is 17.2. The van der Waals surface area contributed by atoms with Crippen molar-refractivity contribution >= 4 is 33.7 Å². The van der Waals surface area contributed by atoms with Gasteiger partial charge in [-0.1, -0.05) is 41.9 Å². The van der Waals surface area contributed by atoms with Gasteiger partial charge >= 0.3 is 0 Å². The van der Waals surface area contributed by atoms with E-state index < -0.39 is 0 Å². The van der Waals surface area contributed by atoms with Gasteiger partial charge in [0.25, 0.3) is 5.91 Å². The highest BCUT2D eigenvalue weighted by Crippen LogP contribution is 2.17. The number of hydrogen-bond acceptors (Lipinski definition) is 2. The Hall–Kier alpha value is -1.42. The van der Waals surface area contributed by atoms with Crippen LogP contribution in [-0.4, -0.2) is 11.7 Å². The molecule has 1 N–H and O–H groups in total. The van der Waals surface area contributed by atoms with Crippen molar-refractivity contribution in [3.8, 4) is 0 Å². The maximum Gasteiger partial charge on any atom is 0.275 e. The van der Waals surface area contributed by atoms with Crippen molar-refractivity contribution in [1.82, 2.24) is 5.32 Å². The van der Waals surface area contributed by atoms with E-state index in [1.54, 1.807) is 6.08 Å². The first-order chi connectivity index (χ1) is 8.54. The maximum atomic E-state index is 11.7. The number of amides is 1. The molecule has 1 heterocycles. The highest BCUT2D eigenvalue weighted by Gasteiger charge is 2.20. The van der Waals surface area contributed by atoms with Crippen LogP contribution in [0.5, 0.6) is 0 Å². The van der Waals surface area contributed by atoms with Crippen LogP contribution in [0.25, 0.3) is 6.08 Å². The minimum absolute atomic E-state index is 0.120. The Kier molecular flexibility index (Phi) is 3.97. The number of hydrogen-bond donors (Lipinski definition) is 1. The quantitative estimate of drug-likeness (QED) is 0.855. The Morgan fingerprint density at radius 2 is 2.22 bits per heavy atom. The fourth-order valence-electron chi connectivity index (χ4n) is 1.75. The predicted molar refractivity (Wildman–Crippen MR) is 77.2 cm³/mol. The Morgan fingerprint density at radius 1 is 1.44 bits per heavy atom. The van der Waals surface area contributed by atoms with E-state index in [1.807, 2.05) is 24.3 Å². The summed E-state index contributed by atoms with van der Waals surface area (Å²) in [5.74, 6) is 1.12. The molecule has 94 valence electrons. The second-order valence-corrected chi connectivity index (χ2v) is 5.61. The highest BCUT2D eigenvalue weighted by atomic mass is 79.9. The second kappa shape index (κ2) is 5.48. The van der Waals surface area contributed by atoms with E-state index in [1.165, 1.54) is 0 Å². The monoisotopic (exact) mass is 306 g/mol. The number of nitrogens with one attached hydrogen (secondary N) is 1. The van der Waals surface area contributed by atoms with E-state index in [4.69, 9.17) is 0 Å². The van der Waals surface area contributed by atoms with Gasteiger partial charge in [-0.2, -0.15) is 0 Å². The van der Waals surface area contributed by atoms with Crippen LogP contribution in [0, 0.1) is 5.92 Å². The van der Waals surface area contributed by atoms with Crippen LogP contribution >= 0.6 is 15.9 Å². The topological polar surface area (TPSA) is 41.5 Å². The second-order valence-electron chi connectivity index (χ2n) is 4.70. The summed E-state index contributed by atoms with van der Waals surface area (Å²) < 4.78 is 0.988. The first kappa shape index (κ1) is 13.0. The average molecular weight is 307 g/mol. The number of carbonyl (C=O) groups is 1. The molecule has 0 unspecified atom stereocenters. The molecule has 0 aliphatic carbocycles. The Balaban J connectivity index is 2.22. The van der Waals surface area contributed by atoms with Crippen LogP contribution < -0.4 is 5.32 Å². The molecular weight excluding hydrogens is 292 g/mol. The van der Waals surface area contributed by atoms with Crippen LogP contribution in [0.3, 0.4) is 0 Å². The van der Waals surface area contributed by atoms with Gasteiger partial charge in [-0.25, -0.2) is 4.99 Å². The van der Waals surface area contributed by atoms with Crippen LogP contribution in [0.2, 0.25) is 0 Å². The summed E-state index contributed by atoms with van der Waals surface area (Å²) in [7, 11) is 0. The molecule has 0 spiro atoms. The third kappa shape index (κ3) is 3.29. The van der Waals surface area contributed by atoms with Crippen molar-refractivity contribution in [2.75, 3.05) is 0 Å². The van der Waals surface area contributed by atoms with Crippen LogP contribution in [0.1, 0.15) is 25.8 Å². The summed E-state index contributed by atoms with van der Waals surface area (Å²) in [5.41, 5.74) is 1.44. The third-order valence-corrected chi connectivity index (χ3v) is 2.99. The molecule has 1 amide bonds. The highest BCUT2D eigenvalue weighted by molar-refractivity contribution is 9.10. The van der Waals surface area contributed by atoms with E-state index in [-0.39, 0.29) is 5.91 Å². The smallest absolute Gasteiger partial charge is 0.275 e. The van der Waals surface area contributed by atoms with E-state index in [0.29, 0.717) is 11.6 Å². The molecular formula is C14H15BrN2O. The molecule has 0 radical (unpaired) electrons. The molecule has 4 heteroatoms. The lowest BCUT2D eigenvalue weighted by Crippen LogP contribution is -2.24. The maximum absolute atomic E-state index is 11.7. The molecule has 0 bridgehead atoms. The minimum atomic E-state index is -0.120. The van der Waals surface area contributed by atoms with Crippen LogP contribution in [-0.2, 0) is 4.79 Å². The standard InChI is InChI=1S/C14H15BrN2O/c1-9(2)6-13-16-12(14(18)17-13)8-10-4-3-5-11(15)7-10/h3-5,7-9H,6H2,1-2H3,(H,16,17,18)/b12-8+. The molecule has 0 saturated heterocycles. The predicted octanol–water partition coefficient (Wildman–Crippen LogP) is 3.36. The van der Waals surface area contributed by atoms with Gasteiger partial charge in [0.1, 0.15) is 11.5 Å². The van der Waals surface area contributed by atoms with Gasteiger partial charge in [-0.15, -0.1) is 0 Å². The van der Waals surface area contributed by atoms with Gasteiger partial charge in [0.2, 0.25) is 0 Å². The van der Waals surface area contributed by atoms with Gasteiger partial charge in [-0.3, -0.25) is 4.79 Å². The molecule has 1 aromatic rings. The van der Waals surface area contributed by atoms with E-state index in [9.17, 15) is 4.79 Å². The Morgan fingerprint density at radius 3 is 2.89 bits per heavy atom. The summed E-state index contributed by atoms with van der Waals surface area (Å²) in [6, 6.07) is 7.78. The van der Waals surface area contributed by atoms with Gasteiger partial charge < -0.3 is 5.32 Å². The lowest BCUT2D eigenvalue weighted by molar-refractivity contribution is -0.115. The molecule has 1 aliphatic heterocycles. The molecule has 0 aromatic heterocycles. The van der Waals surface area contributed by atoms with Crippen LogP contribution in [0.15, 0.2) is 39.4 Å². The first-order valence-electron chi connectivity index (χ1n) is 5.91. The molecule has 0 fully saturated rings. The van der Waals surface area contributed by atoms with E-state index in [2.05, 4.69) is 40.1 Å². The summed E-state index contributed by atoms with van der Waals surface area (Å²) in [5, 5.41) is 2.80. The average Bonchev–Trinajstić information content (AvgIpc) is 2.58. The number of halogens is 1. The molecule has 1 aliphatic rings. The first-order valence-corrected chi connectivity index (χ1v) is 6.70. The van der Waals surface area contributed by atoms with Crippen molar-refractivity contribution in [1.29, 1.82) is 0 Å². The summed E-state index contributed by atoms with van der Waals surface area (Å²) in [6.07, 6.45) is 2.59. The van der Waals surface area contributed by atoms with Crippen molar-refractivity contribution < 1.29 is 4.79 Å². The van der Waals surface area contributed by atoms with Crippen molar-refractivity contribution in [3.05, 3.63) is 40.0 Å². The van der Waals surface area contributed by atoms with Crippen molar-refractivity contribution in [2.24, 2.45) is 10.9 Å².